The van der Waals surface area contributed by atoms with Crippen LogP contribution in [0.4, 0.5) is 0 Å². The van der Waals surface area contributed by atoms with E-state index in [0.29, 0.717) is 44.0 Å². The normalized spacial score (nSPS) is 14.8. The van der Waals surface area contributed by atoms with Crippen molar-refractivity contribution in [1.82, 2.24) is 9.47 Å². The van der Waals surface area contributed by atoms with Crippen LogP contribution in [0, 0.1) is 0 Å². The van der Waals surface area contributed by atoms with Crippen LogP contribution in [0.15, 0.2) is 35.3 Å². The molecule has 3 rings (SSSR count). The van der Waals surface area contributed by atoms with Gasteiger partial charge in [-0.15, -0.1) is 0 Å². The Morgan fingerprint density at radius 1 is 1.21 bits per heavy atom. The summed E-state index contributed by atoms with van der Waals surface area (Å²) in [6.45, 7) is 5.02. The molecular formula is C18H22N2O4. The quantitative estimate of drug-likeness (QED) is 0.836. The van der Waals surface area contributed by atoms with Crippen LogP contribution >= 0.6 is 0 Å². The first-order chi connectivity index (χ1) is 11.7. The Labute approximate surface area is 140 Å². The van der Waals surface area contributed by atoms with Crippen molar-refractivity contribution in [1.29, 1.82) is 0 Å². The van der Waals surface area contributed by atoms with E-state index in [1.165, 1.54) is 0 Å². The van der Waals surface area contributed by atoms with Crippen molar-refractivity contribution in [2.75, 3.05) is 32.9 Å². The fourth-order valence-electron chi connectivity index (χ4n) is 2.88. The molecule has 0 bridgehead atoms. The van der Waals surface area contributed by atoms with E-state index in [1.54, 1.807) is 33.9 Å². The van der Waals surface area contributed by atoms with Crippen LogP contribution in [0.2, 0.25) is 0 Å². The Hall–Kier alpha value is -2.34. The highest BCUT2D eigenvalue weighted by molar-refractivity contribution is 5.88. The molecule has 6 heteroatoms. The average Bonchev–Trinajstić information content (AvgIpc) is 2.63. The molecule has 0 radical (unpaired) electrons. The second-order valence-electron chi connectivity index (χ2n) is 5.81. The van der Waals surface area contributed by atoms with Gasteiger partial charge >= 0.3 is 0 Å². The van der Waals surface area contributed by atoms with Gasteiger partial charge < -0.3 is 18.9 Å². The van der Waals surface area contributed by atoms with Crippen LogP contribution in [-0.2, 0) is 16.1 Å². The van der Waals surface area contributed by atoms with E-state index in [1.807, 2.05) is 13.0 Å². The summed E-state index contributed by atoms with van der Waals surface area (Å²) in [5, 5.41) is 1.35. The lowest BCUT2D eigenvalue weighted by molar-refractivity contribution is -0.137. The number of nitrogens with zero attached hydrogens (tertiary/aromatic N) is 2. The number of hydrogen-bond acceptors (Lipinski definition) is 4. The molecule has 1 aromatic carbocycles. The van der Waals surface area contributed by atoms with Crippen molar-refractivity contribution < 1.29 is 14.3 Å². The van der Waals surface area contributed by atoms with E-state index in [2.05, 4.69) is 0 Å². The van der Waals surface area contributed by atoms with E-state index in [4.69, 9.17) is 9.47 Å². The van der Waals surface area contributed by atoms with Gasteiger partial charge in [0.2, 0.25) is 0 Å². The van der Waals surface area contributed by atoms with Crippen molar-refractivity contribution in [3.8, 4) is 5.75 Å². The number of hydrogen-bond donors (Lipinski definition) is 0. The van der Waals surface area contributed by atoms with Gasteiger partial charge in [0.1, 0.15) is 5.75 Å². The highest BCUT2D eigenvalue weighted by Gasteiger charge is 2.17. The fourth-order valence-corrected chi connectivity index (χ4v) is 2.88. The lowest BCUT2D eigenvalue weighted by Crippen LogP contribution is -2.43. The molecule has 24 heavy (non-hydrogen) atoms. The molecule has 0 spiro atoms. The van der Waals surface area contributed by atoms with E-state index in [0.717, 1.165) is 11.8 Å². The SMILES string of the molecule is CCCn1ccc2c(OCC(=O)N3CCOCC3)cccc2c1=O. The minimum Gasteiger partial charge on any atom is -0.483 e. The van der Waals surface area contributed by atoms with Crippen molar-refractivity contribution in [3.05, 3.63) is 40.8 Å². The van der Waals surface area contributed by atoms with E-state index in [9.17, 15) is 9.59 Å². The lowest BCUT2D eigenvalue weighted by Gasteiger charge is -2.26. The lowest BCUT2D eigenvalue weighted by atomic mass is 10.1. The summed E-state index contributed by atoms with van der Waals surface area (Å²) in [5.41, 5.74) is -0.0284. The largest absolute Gasteiger partial charge is 0.483 e. The zero-order chi connectivity index (χ0) is 16.9. The van der Waals surface area contributed by atoms with E-state index >= 15 is 0 Å². The summed E-state index contributed by atoms with van der Waals surface area (Å²) in [4.78, 5) is 26.4. The number of pyridine rings is 1. The Morgan fingerprint density at radius 2 is 2.00 bits per heavy atom. The number of aryl methyl sites for hydroxylation is 1. The van der Waals surface area contributed by atoms with Gasteiger partial charge in [-0.1, -0.05) is 13.0 Å². The Morgan fingerprint density at radius 3 is 2.75 bits per heavy atom. The van der Waals surface area contributed by atoms with Gasteiger partial charge in [-0.3, -0.25) is 9.59 Å². The van der Waals surface area contributed by atoms with Gasteiger partial charge in [0.25, 0.3) is 11.5 Å². The first kappa shape index (κ1) is 16.5. The third kappa shape index (κ3) is 3.43. The predicted octanol–water partition coefficient (Wildman–Crippen LogP) is 1.65. The van der Waals surface area contributed by atoms with Gasteiger partial charge in [-0.05, 0) is 24.6 Å². The molecule has 1 aromatic heterocycles. The molecule has 2 aromatic rings. The number of morpholine rings is 1. The zero-order valence-corrected chi connectivity index (χ0v) is 13.9. The molecule has 0 saturated carbocycles. The number of carbonyl (C=O) groups excluding carboxylic acids is 1. The molecule has 1 amide bonds. The van der Waals surface area contributed by atoms with Crippen LogP contribution in [-0.4, -0.2) is 48.3 Å². The Bertz CT molecular complexity index is 778. The standard InChI is InChI=1S/C18H22N2O4/c1-2-7-20-8-6-14-15(18(20)22)4-3-5-16(14)24-13-17(21)19-9-11-23-12-10-19/h3-6,8H,2,7,9-13H2,1H3. The predicted molar refractivity (Wildman–Crippen MR) is 91.4 cm³/mol. The summed E-state index contributed by atoms with van der Waals surface area (Å²) in [7, 11) is 0. The molecule has 0 N–H and O–H groups in total. The average molecular weight is 330 g/mol. The molecule has 128 valence electrons. The fraction of sp³-hybridized carbons (Fsp3) is 0.444. The number of amides is 1. The van der Waals surface area contributed by atoms with Gasteiger partial charge in [-0.2, -0.15) is 0 Å². The molecule has 1 aliphatic heterocycles. The van der Waals surface area contributed by atoms with Crippen molar-refractivity contribution >= 4 is 16.7 Å². The Balaban J connectivity index is 1.78. The zero-order valence-electron chi connectivity index (χ0n) is 13.9. The highest BCUT2D eigenvalue weighted by Crippen LogP contribution is 2.23. The first-order valence-electron chi connectivity index (χ1n) is 8.31. The molecule has 6 nitrogen and oxygen atoms in total. The van der Waals surface area contributed by atoms with Gasteiger partial charge in [0.15, 0.2) is 6.61 Å². The molecular weight excluding hydrogens is 308 g/mol. The summed E-state index contributed by atoms with van der Waals surface area (Å²) >= 11 is 0. The van der Waals surface area contributed by atoms with Gasteiger partial charge in [0.05, 0.1) is 18.6 Å². The van der Waals surface area contributed by atoms with Crippen LogP contribution in [0.5, 0.6) is 5.75 Å². The summed E-state index contributed by atoms with van der Waals surface area (Å²) in [6.07, 6.45) is 2.68. The van der Waals surface area contributed by atoms with Gasteiger partial charge in [-0.25, -0.2) is 0 Å². The summed E-state index contributed by atoms with van der Waals surface area (Å²) in [6, 6.07) is 7.24. The van der Waals surface area contributed by atoms with E-state index in [-0.39, 0.29) is 18.1 Å². The number of aromatic nitrogens is 1. The number of rotatable bonds is 5. The first-order valence-corrected chi connectivity index (χ1v) is 8.31. The summed E-state index contributed by atoms with van der Waals surface area (Å²) < 4.78 is 12.7. The third-order valence-corrected chi connectivity index (χ3v) is 4.16. The smallest absolute Gasteiger partial charge is 0.260 e. The maximum atomic E-state index is 12.5. The highest BCUT2D eigenvalue weighted by atomic mass is 16.5. The second kappa shape index (κ2) is 7.49. The maximum Gasteiger partial charge on any atom is 0.260 e. The van der Waals surface area contributed by atoms with Crippen molar-refractivity contribution in [2.45, 2.75) is 19.9 Å². The van der Waals surface area contributed by atoms with Crippen LogP contribution < -0.4 is 10.3 Å². The Kier molecular flexibility index (Phi) is 5.15. The number of ether oxygens (including phenoxy) is 2. The molecule has 1 aliphatic rings. The molecule has 1 saturated heterocycles. The number of carbonyl (C=O) groups is 1. The third-order valence-electron chi connectivity index (χ3n) is 4.16. The molecule has 0 unspecified atom stereocenters. The number of fused-ring (bicyclic) bond motifs is 1. The molecule has 1 fully saturated rings. The minimum atomic E-state index is -0.0605. The maximum absolute atomic E-state index is 12.5. The van der Waals surface area contributed by atoms with Crippen LogP contribution in [0.3, 0.4) is 0 Å². The second-order valence-corrected chi connectivity index (χ2v) is 5.81. The topological polar surface area (TPSA) is 60.8 Å². The summed E-state index contributed by atoms with van der Waals surface area (Å²) in [5.74, 6) is 0.504. The monoisotopic (exact) mass is 330 g/mol. The van der Waals surface area contributed by atoms with Crippen LogP contribution in [0.25, 0.3) is 10.8 Å². The molecule has 0 aliphatic carbocycles. The number of benzene rings is 1. The van der Waals surface area contributed by atoms with Crippen molar-refractivity contribution in [3.63, 3.8) is 0 Å². The van der Waals surface area contributed by atoms with Crippen molar-refractivity contribution in [2.24, 2.45) is 0 Å². The van der Waals surface area contributed by atoms with Crippen LogP contribution in [0.1, 0.15) is 13.3 Å². The van der Waals surface area contributed by atoms with Gasteiger partial charge in [0, 0.05) is 31.2 Å². The van der Waals surface area contributed by atoms with E-state index < -0.39 is 0 Å². The minimum absolute atomic E-state index is 0.0284. The molecule has 2 heterocycles. The molecule has 0 atom stereocenters.